The minimum atomic E-state index is -0.768. The van der Waals surface area contributed by atoms with E-state index in [1.54, 1.807) is 54.6 Å². The lowest BCUT2D eigenvalue weighted by molar-refractivity contribution is 0.0469. The molecule has 5 aromatic rings. The maximum atomic E-state index is 13.1. The van der Waals surface area contributed by atoms with Gasteiger partial charge in [-0.3, -0.25) is 9.59 Å². The number of aromatic nitrogens is 2. The zero-order valence-electron chi connectivity index (χ0n) is 19.2. The molecule has 174 valence electrons. The second-order valence-electron chi connectivity index (χ2n) is 8.65. The lowest BCUT2D eigenvalue weighted by Crippen LogP contribution is -2.25. The number of fused-ring (bicyclic) bond motifs is 4. The predicted octanol–water partition coefficient (Wildman–Crippen LogP) is 5.00. The third kappa shape index (κ3) is 3.69. The molecular weight excluding hydrogens is 452 g/mol. The highest BCUT2D eigenvalue weighted by Gasteiger charge is 2.22. The van der Waals surface area contributed by atoms with Crippen LogP contribution in [0.15, 0.2) is 102 Å². The summed E-state index contributed by atoms with van der Waals surface area (Å²) in [6.07, 6.45) is 0.838. The van der Waals surface area contributed by atoms with Crippen LogP contribution in [0.2, 0.25) is 0 Å². The van der Waals surface area contributed by atoms with E-state index in [1.165, 1.54) is 15.8 Å². The average molecular weight is 473 g/mol. The summed E-state index contributed by atoms with van der Waals surface area (Å²) < 4.78 is 6.58. The maximum absolute atomic E-state index is 13.1. The summed E-state index contributed by atoms with van der Waals surface area (Å²) in [4.78, 5) is 39.1. The third-order valence-electron chi connectivity index (χ3n) is 6.45. The molecule has 6 rings (SSSR count). The third-order valence-corrected chi connectivity index (χ3v) is 6.45. The summed E-state index contributed by atoms with van der Waals surface area (Å²) in [5.41, 5.74) is 5.19. The van der Waals surface area contributed by atoms with Crippen LogP contribution in [0.25, 0.3) is 27.6 Å². The van der Waals surface area contributed by atoms with E-state index < -0.39 is 12.6 Å². The van der Waals surface area contributed by atoms with Crippen molar-refractivity contribution in [2.75, 3.05) is 6.61 Å². The van der Waals surface area contributed by atoms with Crippen molar-refractivity contribution in [1.29, 1.82) is 0 Å². The lowest BCUT2D eigenvalue weighted by Gasteiger charge is -2.11. The molecule has 0 atom stereocenters. The Balaban J connectivity index is 1.29. The summed E-state index contributed by atoms with van der Waals surface area (Å²) in [6.45, 7) is -0.431. The molecule has 0 radical (unpaired) electrons. The summed E-state index contributed by atoms with van der Waals surface area (Å²) in [5, 5.41) is 5.03. The second-order valence-corrected chi connectivity index (χ2v) is 8.65. The minimum Gasteiger partial charge on any atom is -0.452 e. The van der Waals surface area contributed by atoms with E-state index in [4.69, 9.17) is 4.74 Å². The highest BCUT2D eigenvalue weighted by molar-refractivity contribution is 6.04. The van der Waals surface area contributed by atoms with E-state index in [9.17, 15) is 14.4 Å². The van der Waals surface area contributed by atoms with Crippen molar-refractivity contribution in [3.63, 3.8) is 0 Å². The Morgan fingerprint density at radius 1 is 0.778 bits per heavy atom. The van der Waals surface area contributed by atoms with Gasteiger partial charge in [0.15, 0.2) is 18.1 Å². The molecule has 0 unspecified atom stereocenters. The number of hydrogen-bond donors (Lipinski definition) is 0. The van der Waals surface area contributed by atoms with Crippen molar-refractivity contribution >= 4 is 22.5 Å². The molecule has 4 aromatic carbocycles. The number of nitrogens with zero attached hydrogens (tertiary/aromatic N) is 2. The van der Waals surface area contributed by atoms with Crippen molar-refractivity contribution in [2.45, 2.75) is 6.42 Å². The highest BCUT2D eigenvalue weighted by atomic mass is 16.5. The average Bonchev–Trinajstić information content (AvgIpc) is 3.30. The number of carbonyl (C=O) groups is 2. The first kappa shape index (κ1) is 21.7. The van der Waals surface area contributed by atoms with Crippen LogP contribution in [0, 0.1) is 0 Å². The number of esters is 1. The number of para-hydroxylation sites is 1. The van der Waals surface area contributed by atoms with Crippen LogP contribution in [0.3, 0.4) is 0 Å². The van der Waals surface area contributed by atoms with Crippen molar-refractivity contribution < 1.29 is 14.3 Å². The minimum absolute atomic E-state index is 0.0234. The molecule has 1 aliphatic rings. The number of carbonyl (C=O) groups excluding carboxylic acids is 2. The van der Waals surface area contributed by atoms with Gasteiger partial charge in [0.2, 0.25) is 0 Å². The summed E-state index contributed by atoms with van der Waals surface area (Å²) in [5.74, 6) is -1.08. The topological polar surface area (TPSA) is 78.3 Å². The van der Waals surface area contributed by atoms with E-state index in [0.29, 0.717) is 22.0 Å². The molecular formula is C30H20N2O4. The Hall–Kier alpha value is -4.84. The van der Waals surface area contributed by atoms with Crippen LogP contribution in [-0.4, -0.2) is 28.1 Å². The number of ketones is 1. The number of hydrogen-bond acceptors (Lipinski definition) is 5. The first-order valence-corrected chi connectivity index (χ1v) is 11.6. The van der Waals surface area contributed by atoms with Gasteiger partial charge in [0, 0.05) is 10.9 Å². The van der Waals surface area contributed by atoms with Gasteiger partial charge in [-0.25, -0.2) is 4.79 Å². The van der Waals surface area contributed by atoms with Crippen LogP contribution in [0.1, 0.15) is 32.0 Å². The molecule has 1 heterocycles. The fourth-order valence-electron chi connectivity index (χ4n) is 4.66. The smallest absolute Gasteiger partial charge is 0.359 e. The molecule has 36 heavy (non-hydrogen) atoms. The van der Waals surface area contributed by atoms with Crippen molar-refractivity contribution in [1.82, 2.24) is 9.78 Å². The van der Waals surface area contributed by atoms with Crippen molar-refractivity contribution in [3.05, 3.63) is 130 Å². The molecule has 1 aliphatic carbocycles. The Labute approximate surface area is 206 Å². The number of benzene rings is 4. The van der Waals surface area contributed by atoms with Crippen molar-refractivity contribution in [3.8, 4) is 16.8 Å². The molecule has 0 N–H and O–H groups in total. The molecule has 0 saturated heterocycles. The molecule has 0 amide bonds. The van der Waals surface area contributed by atoms with E-state index >= 15 is 0 Å². The Bertz CT molecular complexity index is 1720. The monoisotopic (exact) mass is 472 g/mol. The second kappa shape index (κ2) is 8.74. The molecule has 0 aliphatic heterocycles. The van der Waals surface area contributed by atoms with Gasteiger partial charge in [0.1, 0.15) is 0 Å². The fraction of sp³-hybridized carbons (Fsp3) is 0.0667. The van der Waals surface area contributed by atoms with Crippen LogP contribution < -0.4 is 5.56 Å². The Morgan fingerprint density at radius 3 is 2.31 bits per heavy atom. The van der Waals surface area contributed by atoms with Crippen LogP contribution in [0.4, 0.5) is 0 Å². The first-order chi connectivity index (χ1) is 17.6. The van der Waals surface area contributed by atoms with Crippen molar-refractivity contribution in [2.24, 2.45) is 0 Å². The van der Waals surface area contributed by atoms with E-state index in [2.05, 4.69) is 11.2 Å². The van der Waals surface area contributed by atoms with Crippen LogP contribution in [-0.2, 0) is 11.2 Å². The summed E-state index contributed by atoms with van der Waals surface area (Å²) in [6, 6.07) is 29.3. The van der Waals surface area contributed by atoms with Gasteiger partial charge in [0.25, 0.3) is 5.56 Å². The predicted molar refractivity (Wildman–Crippen MR) is 137 cm³/mol. The van der Waals surface area contributed by atoms with Crippen LogP contribution >= 0.6 is 0 Å². The summed E-state index contributed by atoms with van der Waals surface area (Å²) >= 11 is 0. The van der Waals surface area contributed by atoms with E-state index in [0.717, 1.165) is 17.5 Å². The van der Waals surface area contributed by atoms with Gasteiger partial charge in [0.05, 0.1) is 11.1 Å². The molecule has 6 heteroatoms. The zero-order chi connectivity index (χ0) is 24.6. The van der Waals surface area contributed by atoms with Crippen LogP contribution in [0.5, 0.6) is 0 Å². The van der Waals surface area contributed by atoms with Gasteiger partial charge >= 0.3 is 5.97 Å². The quantitative estimate of drug-likeness (QED) is 0.261. The molecule has 0 bridgehead atoms. The highest BCUT2D eigenvalue weighted by Crippen LogP contribution is 2.36. The molecule has 1 aromatic heterocycles. The van der Waals surface area contributed by atoms with Gasteiger partial charge in [-0.05, 0) is 52.9 Å². The first-order valence-electron chi connectivity index (χ1n) is 11.6. The van der Waals surface area contributed by atoms with Gasteiger partial charge < -0.3 is 4.74 Å². The van der Waals surface area contributed by atoms with Gasteiger partial charge in [-0.2, -0.15) is 9.78 Å². The summed E-state index contributed by atoms with van der Waals surface area (Å²) in [7, 11) is 0. The Morgan fingerprint density at radius 2 is 1.47 bits per heavy atom. The normalized spacial score (nSPS) is 11.7. The Kier molecular flexibility index (Phi) is 5.26. The zero-order valence-corrected chi connectivity index (χ0v) is 19.2. The fourth-order valence-corrected chi connectivity index (χ4v) is 4.66. The lowest BCUT2D eigenvalue weighted by atomic mass is 10.0. The number of rotatable bonds is 5. The number of ether oxygens (including phenoxy) is 1. The van der Waals surface area contributed by atoms with E-state index in [1.807, 2.05) is 36.4 Å². The maximum Gasteiger partial charge on any atom is 0.359 e. The van der Waals surface area contributed by atoms with Gasteiger partial charge in [-0.1, -0.05) is 72.8 Å². The van der Waals surface area contributed by atoms with Gasteiger partial charge in [-0.15, -0.1) is 0 Å². The standard InChI is InChI=1S/C30H20N2O4/c33-27(21-15-14-20-16-19-8-4-5-11-23(19)26(20)17-21)18-36-30(35)28-24-12-6-7-13-25(24)29(34)32(31-28)22-9-2-1-3-10-22/h1-15,17H,16,18H2. The van der Waals surface area contributed by atoms with E-state index in [-0.39, 0.29) is 17.0 Å². The largest absolute Gasteiger partial charge is 0.452 e. The molecule has 0 fully saturated rings. The molecule has 6 nitrogen and oxygen atoms in total. The SMILES string of the molecule is O=C(COC(=O)c1nn(-c2ccccc2)c(=O)c2ccccc12)c1ccc2c(c1)-c1ccccc1C2. The molecule has 0 saturated carbocycles. The number of Topliss-reactive ketones (excluding diaryl/α,β-unsaturated/α-hetero) is 1. The molecule has 0 spiro atoms.